The van der Waals surface area contributed by atoms with Crippen LogP contribution in [0.25, 0.3) is 0 Å². The predicted molar refractivity (Wildman–Crippen MR) is 113 cm³/mol. The van der Waals surface area contributed by atoms with Gasteiger partial charge in [0.2, 0.25) is 0 Å². The fourth-order valence-electron chi connectivity index (χ4n) is 3.63. The maximum absolute atomic E-state index is 13.3. The number of rotatable bonds is 5. The number of aliphatic hydroxyl groups is 1. The average molecular weight is 426 g/mol. The first kappa shape index (κ1) is 19.6. The molecule has 6 heteroatoms. The Balaban J connectivity index is 1.72. The van der Waals surface area contributed by atoms with Crippen LogP contribution < -0.4 is 4.90 Å². The van der Waals surface area contributed by atoms with E-state index < -0.39 is 11.5 Å². The summed E-state index contributed by atoms with van der Waals surface area (Å²) in [5, 5.41) is 12.2. The van der Waals surface area contributed by atoms with Crippen LogP contribution in [0.2, 0.25) is 10.0 Å². The fraction of sp³-hybridized carbons (Fsp3) is 0.130. The number of benzene rings is 3. The molecule has 29 heavy (non-hydrogen) atoms. The number of hydrogen-bond donors (Lipinski definition) is 1. The van der Waals surface area contributed by atoms with Gasteiger partial charge in [0.05, 0.1) is 18.7 Å². The van der Waals surface area contributed by atoms with Crippen LogP contribution in [0.3, 0.4) is 0 Å². The SMILES string of the molecule is O=C(CC1(O)C(=O)N(Cc2c(Cl)cccc2Cl)c2ccccc21)c1ccccc1. The molecule has 3 aromatic carbocycles. The van der Waals surface area contributed by atoms with E-state index in [2.05, 4.69) is 0 Å². The number of halogens is 2. The maximum Gasteiger partial charge on any atom is 0.264 e. The summed E-state index contributed by atoms with van der Waals surface area (Å²) < 4.78 is 0. The van der Waals surface area contributed by atoms with Gasteiger partial charge in [-0.05, 0) is 18.2 Å². The van der Waals surface area contributed by atoms with E-state index >= 15 is 0 Å². The Hall–Kier alpha value is -2.66. The van der Waals surface area contributed by atoms with Crippen molar-refractivity contribution in [2.24, 2.45) is 0 Å². The second-order valence-electron chi connectivity index (χ2n) is 6.93. The van der Waals surface area contributed by atoms with Crippen molar-refractivity contribution in [1.82, 2.24) is 0 Å². The standard InChI is InChI=1S/C23H17Cl2NO3/c24-18-10-6-11-19(25)16(18)14-26-20-12-5-4-9-17(20)23(29,22(26)28)13-21(27)15-7-2-1-3-8-15/h1-12,29H,13-14H2. The Morgan fingerprint density at radius 3 is 2.21 bits per heavy atom. The lowest BCUT2D eigenvalue weighted by atomic mass is 9.88. The molecule has 0 saturated heterocycles. The van der Waals surface area contributed by atoms with Crippen LogP contribution in [-0.4, -0.2) is 16.8 Å². The highest BCUT2D eigenvalue weighted by atomic mass is 35.5. The van der Waals surface area contributed by atoms with Crippen molar-refractivity contribution in [3.8, 4) is 0 Å². The second kappa shape index (κ2) is 7.64. The van der Waals surface area contributed by atoms with Gasteiger partial charge < -0.3 is 10.0 Å². The molecule has 0 aromatic heterocycles. The van der Waals surface area contributed by atoms with Crippen LogP contribution in [0.1, 0.15) is 27.9 Å². The third-order valence-electron chi connectivity index (χ3n) is 5.13. The fourth-order valence-corrected chi connectivity index (χ4v) is 4.15. The first-order valence-corrected chi connectivity index (χ1v) is 9.82. The molecule has 1 heterocycles. The number of carbonyl (C=O) groups excluding carboxylic acids is 2. The second-order valence-corrected chi connectivity index (χ2v) is 7.75. The third-order valence-corrected chi connectivity index (χ3v) is 5.84. The zero-order valence-electron chi connectivity index (χ0n) is 15.3. The normalized spacial score (nSPS) is 18.0. The molecule has 1 unspecified atom stereocenters. The molecule has 0 bridgehead atoms. The molecule has 0 spiro atoms. The number of Topliss-reactive ketones (excluding diaryl/α,β-unsaturated/α-hetero) is 1. The van der Waals surface area contributed by atoms with Crippen molar-refractivity contribution in [3.63, 3.8) is 0 Å². The molecule has 3 aromatic rings. The summed E-state index contributed by atoms with van der Waals surface area (Å²) in [6.07, 6.45) is -0.348. The van der Waals surface area contributed by atoms with Gasteiger partial charge in [0, 0.05) is 26.7 Å². The minimum absolute atomic E-state index is 0.0934. The lowest BCUT2D eigenvalue weighted by Gasteiger charge is -2.23. The molecule has 4 rings (SSSR count). The van der Waals surface area contributed by atoms with Crippen LogP contribution in [0.4, 0.5) is 5.69 Å². The molecule has 0 aliphatic carbocycles. The molecule has 1 amide bonds. The van der Waals surface area contributed by atoms with Gasteiger partial charge in [0.25, 0.3) is 5.91 Å². The van der Waals surface area contributed by atoms with Gasteiger partial charge in [-0.1, -0.05) is 77.8 Å². The number of nitrogens with zero attached hydrogens (tertiary/aromatic N) is 1. The summed E-state index contributed by atoms with van der Waals surface area (Å²) >= 11 is 12.6. The number of para-hydroxylation sites is 1. The van der Waals surface area contributed by atoms with Crippen LogP contribution in [0.15, 0.2) is 72.8 Å². The van der Waals surface area contributed by atoms with Gasteiger partial charge in [-0.2, -0.15) is 0 Å². The van der Waals surface area contributed by atoms with E-state index in [-0.39, 0.29) is 18.7 Å². The number of hydrogen-bond acceptors (Lipinski definition) is 3. The van der Waals surface area contributed by atoms with E-state index in [1.807, 2.05) is 0 Å². The molecule has 0 fully saturated rings. The van der Waals surface area contributed by atoms with Crippen LogP contribution in [0, 0.1) is 0 Å². The van der Waals surface area contributed by atoms with Gasteiger partial charge in [0.15, 0.2) is 11.4 Å². The highest BCUT2D eigenvalue weighted by molar-refractivity contribution is 6.36. The number of carbonyl (C=O) groups is 2. The van der Waals surface area contributed by atoms with E-state index in [4.69, 9.17) is 23.2 Å². The van der Waals surface area contributed by atoms with E-state index in [1.54, 1.807) is 72.8 Å². The minimum atomic E-state index is -1.95. The average Bonchev–Trinajstić information content (AvgIpc) is 2.93. The van der Waals surface area contributed by atoms with E-state index in [9.17, 15) is 14.7 Å². The van der Waals surface area contributed by atoms with Crippen LogP contribution in [0.5, 0.6) is 0 Å². The summed E-state index contributed by atoms with van der Waals surface area (Å²) in [6, 6.07) is 20.6. The third kappa shape index (κ3) is 3.44. The molecular weight excluding hydrogens is 409 g/mol. The lowest BCUT2D eigenvalue weighted by molar-refractivity contribution is -0.136. The van der Waals surface area contributed by atoms with Crippen molar-refractivity contribution in [2.75, 3.05) is 4.90 Å². The Bertz CT molecular complexity index is 1080. The molecular formula is C23H17Cl2NO3. The Morgan fingerprint density at radius 1 is 0.897 bits per heavy atom. The Kier molecular flexibility index (Phi) is 5.17. The Morgan fingerprint density at radius 2 is 1.52 bits per heavy atom. The summed E-state index contributed by atoms with van der Waals surface area (Å²) in [4.78, 5) is 27.5. The molecule has 146 valence electrons. The van der Waals surface area contributed by atoms with Gasteiger partial charge in [-0.15, -0.1) is 0 Å². The minimum Gasteiger partial charge on any atom is -0.375 e. The summed E-state index contributed by atoms with van der Waals surface area (Å²) in [5.74, 6) is -0.882. The molecule has 1 aliphatic rings. The van der Waals surface area contributed by atoms with Crippen molar-refractivity contribution in [1.29, 1.82) is 0 Å². The van der Waals surface area contributed by atoms with Gasteiger partial charge in [-0.3, -0.25) is 9.59 Å². The zero-order valence-corrected chi connectivity index (χ0v) is 16.8. The number of fused-ring (bicyclic) bond motifs is 1. The van der Waals surface area contributed by atoms with Crippen LogP contribution >= 0.6 is 23.2 Å². The first-order valence-electron chi connectivity index (χ1n) is 9.07. The smallest absolute Gasteiger partial charge is 0.264 e. The molecule has 1 aliphatic heterocycles. The monoisotopic (exact) mass is 425 g/mol. The van der Waals surface area contributed by atoms with Gasteiger partial charge in [0.1, 0.15) is 0 Å². The summed E-state index contributed by atoms with van der Waals surface area (Å²) in [7, 11) is 0. The highest BCUT2D eigenvalue weighted by Crippen LogP contribution is 2.44. The van der Waals surface area contributed by atoms with Gasteiger partial charge in [-0.25, -0.2) is 0 Å². The molecule has 0 radical (unpaired) electrons. The lowest BCUT2D eigenvalue weighted by Crippen LogP contribution is -2.41. The van der Waals surface area contributed by atoms with E-state index in [0.29, 0.717) is 32.4 Å². The van der Waals surface area contributed by atoms with E-state index in [1.165, 1.54) is 4.90 Å². The largest absolute Gasteiger partial charge is 0.375 e. The molecule has 4 nitrogen and oxygen atoms in total. The predicted octanol–water partition coefficient (Wildman–Crippen LogP) is 5.00. The van der Waals surface area contributed by atoms with Crippen molar-refractivity contribution < 1.29 is 14.7 Å². The summed E-state index contributed by atoms with van der Waals surface area (Å²) in [5.41, 5.74) is 0.0165. The topological polar surface area (TPSA) is 57.6 Å². The van der Waals surface area contributed by atoms with Crippen LogP contribution in [-0.2, 0) is 16.9 Å². The maximum atomic E-state index is 13.3. The van der Waals surface area contributed by atoms with E-state index in [0.717, 1.165) is 0 Å². The van der Waals surface area contributed by atoms with Crippen molar-refractivity contribution >= 4 is 40.6 Å². The molecule has 0 saturated carbocycles. The first-order chi connectivity index (χ1) is 13.9. The number of amides is 1. The van der Waals surface area contributed by atoms with Gasteiger partial charge >= 0.3 is 0 Å². The van der Waals surface area contributed by atoms with Crippen molar-refractivity contribution in [3.05, 3.63) is 99.5 Å². The zero-order chi connectivity index (χ0) is 20.6. The highest BCUT2D eigenvalue weighted by Gasteiger charge is 2.50. The van der Waals surface area contributed by atoms with Crippen molar-refractivity contribution in [2.45, 2.75) is 18.6 Å². The number of ketones is 1. The number of anilines is 1. The quantitative estimate of drug-likeness (QED) is 0.585. The Labute approximate surface area is 178 Å². The molecule has 1 N–H and O–H groups in total. The molecule has 1 atom stereocenters. The summed E-state index contributed by atoms with van der Waals surface area (Å²) in [6.45, 7) is 0.0934.